The average Bonchev–Trinajstić information content (AvgIpc) is 2.08. The van der Waals surface area contributed by atoms with E-state index in [-0.39, 0.29) is 5.97 Å². The lowest BCUT2D eigenvalue weighted by atomic mass is 10.2. The van der Waals surface area contributed by atoms with E-state index in [2.05, 4.69) is 4.98 Å². The summed E-state index contributed by atoms with van der Waals surface area (Å²) in [7, 11) is 0. The summed E-state index contributed by atoms with van der Waals surface area (Å²) in [6.07, 6.45) is 2.27. The van der Waals surface area contributed by atoms with Gasteiger partial charge in [-0.15, -0.1) is 0 Å². The van der Waals surface area contributed by atoms with E-state index in [0.29, 0.717) is 18.7 Å². The Morgan fingerprint density at radius 1 is 1.69 bits per heavy atom. The van der Waals surface area contributed by atoms with Crippen LogP contribution in [-0.2, 0) is 11.2 Å². The zero-order valence-electron chi connectivity index (χ0n) is 7.49. The molecule has 0 aliphatic heterocycles. The van der Waals surface area contributed by atoms with Crippen LogP contribution in [0.1, 0.15) is 12.6 Å². The van der Waals surface area contributed by atoms with Crippen molar-refractivity contribution in [2.24, 2.45) is 5.73 Å². The molecule has 1 aromatic heterocycles. The number of aromatic nitrogens is 1. The molecule has 0 radical (unpaired) electrons. The first-order valence-electron chi connectivity index (χ1n) is 4.06. The first kappa shape index (κ1) is 9.67. The molecule has 1 rings (SSSR count). The number of ether oxygens (including phenoxy) is 1. The molecule has 1 aromatic rings. The highest BCUT2D eigenvalue weighted by atomic mass is 16.5. The molecule has 0 fully saturated rings. The normalized spacial score (nSPS) is 9.69. The van der Waals surface area contributed by atoms with Gasteiger partial charge in [-0.25, -0.2) is 0 Å². The fourth-order valence-electron chi connectivity index (χ4n) is 0.995. The summed E-state index contributed by atoms with van der Waals surface area (Å²) in [6, 6.07) is 3.43. The van der Waals surface area contributed by atoms with Gasteiger partial charge in [0.1, 0.15) is 0 Å². The van der Waals surface area contributed by atoms with Gasteiger partial charge in [-0.3, -0.25) is 9.78 Å². The standard InChI is InChI=1S/C9H12N2O2/c1-7(12)13-9-3-2-6-11-8(9)4-5-10/h2-3,6H,4-5,10H2,1H3. The molecular weight excluding hydrogens is 168 g/mol. The lowest BCUT2D eigenvalue weighted by Gasteiger charge is -2.05. The maximum absolute atomic E-state index is 10.7. The highest BCUT2D eigenvalue weighted by molar-refractivity contribution is 5.69. The molecule has 0 bridgehead atoms. The number of carbonyl (C=O) groups excluding carboxylic acids is 1. The Hall–Kier alpha value is -1.42. The van der Waals surface area contributed by atoms with E-state index in [1.165, 1.54) is 6.92 Å². The number of rotatable bonds is 3. The maximum atomic E-state index is 10.7. The molecule has 70 valence electrons. The van der Waals surface area contributed by atoms with Crippen LogP contribution >= 0.6 is 0 Å². The van der Waals surface area contributed by atoms with Crippen LogP contribution in [0.4, 0.5) is 0 Å². The van der Waals surface area contributed by atoms with Crippen molar-refractivity contribution in [2.75, 3.05) is 6.54 Å². The minimum atomic E-state index is -0.341. The van der Waals surface area contributed by atoms with Gasteiger partial charge in [0.05, 0.1) is 5.69 Å². The Bertz CT molecular complexity index is 299. The third-order valence-electron chi connectivity index (χ3n) is 1.48. The van der Waals surface area contributed by atoms with Crippen molar-refractivity contribution in [3.8, 4) is 5.75 Å². The van der Waals surface area contributed by atoms with Crippen LogP contribution in [-0.4, -0.2) is 17.5 Å². The first-order chi connectivity index (χ1) is 6.24. The lowest BCUT2D eigenvalue weighted by Crippen LogP contribution is -2.09. The summed E-state index contributed by atoms with van der Waals surface area (Å²) >= 11 is 0. The molecule has 13 heavy (non-hydrogen) atoms. The van der Waals surface area contributed by atoms with Crippen LogP contribution in [0.5, 0.6) is 5.75 Å². The summed E-state index contributed by atoms with van der Waals surface area (Å²) in [5, 5.41) is 0. The van der Waals surface area contributed by atoms with Gasteiger partial charge in [0.2, 0.25) is 0 Å². The van der Waals surface area contributed by atoms with Crippen LogP contribution in [0.15, 0.2) is 18.3 Å². The summed E-state index contributed by atoms with van der Waals surface area (Å²) < 4.78 is 4.94. The minimum Gasteiger partial charge on any atom is -0.425 e. The molecule has 0 aliphatic rings. The number of nitrogens with zero attached hydrogens (tertiary/aromatic N) is 1. The largest absolute Gasteiger partial charge is 0.425 e. The summed E-state index contributed by atoms with van der Waals surface area (Å²) in [4.78, 5) is 14.8. The maximum Gasteiger partial charge on any atom is 0.308 e. The quantitative estimate of drug-likeness (QED) is 0.688. The molecule has 1 heterocycles. The SMILES string of the molecule is CC(=O)Oc1cccnc1CCN. The third kappa shape index (κ3) is 2.83. The number of carbonyl (C=O) groups is 1. The molecule has 0 amide bonds. The number of esters is 1. The smallest absolute Gasteiger partial charge is 0.308 e. The van der Waals surface area contributed by atoms with E-state index in [0.717, 1.165) is 5.69 Å². The predicted molar refractivity (Wildman–Crippen MR) is 48.3 cm³/mol. The number of pyridine rings is 1. The fraction of sp³-hybridized carbons (Fsp3) is 0.333. The summed E-state index contributed by atoms with van der Waals surface area (Å²) in [5.41, 5.74) is 6.10. The van der Waals surface area contributed by atoms with E-state index >= 15 is 0 Å². The molecule has 0 aromatic carbocycles. The number of nitrogens with two attached hydrogens (primary N) is 1. The van der Waals surface area contributed by atoms with Crippen molar-refractivity contribution in [1.29, 1.82) is 0 Å². The highest BCUT2D eigenvalue weighted by Crippen LogP contribution is 2.15. The Morgan fingerprint density at radius 3 is 3.08 bits per heavy atom. The Balaban J connectivity index is 2.84. The third-order valence-corrected chi connectivity index (χ3v) is 1.48. The zero-order chi connectivity index (χ0) is 9.68. The predicted octanol–water partition coefficient (Wildman–Crippen LogP) is 0.508. The van der Waals surface area contributed by atoms with Gasteiger partial charge in [0.15, 0.2) is 5.75 Å². The Labute approximate surface area is 76.7 Å². The molecule has 4 heteroatoms. The van der Waals surface area contributed by atoms with Crippen LogP contribution in [0.2, 0.25) is 0 Å². The van der Waals surface area contributed by atoms with Crippen molar-refractivity contribution >= 4 is 5.97 Å². The van der Waals surface area contributed by atoms with Gasteiger partial charge in [-0.1, -0.05) is 0 Å². The van der Waals surface area contributed by atoms with Crippen molar-refractivity contribution in [1.82, 2.24) is 4.98 Å². The van der Waals surface area contributed by atoms with Crippen LogP contribution in [0, 0.1) is 0 Å². The summed E-state index contributed by atoms with van der Waals surface area (Å²) in [6.45, 7) is 1.85. The van der Waals surface area contributed by atoms with Gasteiger partial charge in [-0.2, -0.15) is 0 Å². The zero-order valence-corrected chi connectivity index (χ0v) is 7.49. The van der Waals surface area contributed by atoms with Crippen molar-refractivity contribution in [3.63, 3.8) is 0 Å². The van der Waals surface area contributed by atoms with Gasteiger partial charge in [0.25, 0.3) is 0 Å². The van der Waals surface area contributed by atoms with E-state index in [1.807, 2.05) is 0 Å². The van der Waals surface area contributed by atoms with Gasteiger partial charge in [0, 0.05) is 19.5 Å². The molecular formula is C9H12N2O2. The van der Waals surface area contributed by atoms with Gasteiger partial charge >= 0.3 is 5.97 Å². The molecule has 0 aliphatic carbocycles. The fourth-order valence-corrected chi connectivity index (χ4v) is 0.995. The van der Waals surface area contributed by atoms with Crippen LogP contribution in [0.3, 0.4) is 0 Å². The number of hydrogen-bond acceptors (Lipinski definition) is 4. The Kier molecular flexibility index (Phi) is 3.40. The van der Waals surface area contributed by atoms with Crippen molar-refractivity contribution in [2.45, 2.75) is 13.3 Å². The second-order valence-electron chi connectivity index (χ2n) is 2.58. The van der Waals surface area contributed by atoms with E-state index < -0.39 is 0 Å². The Morgan fingerprint density at radius 2 is 2.46 bits per heavy atom. The van der Waals surface area contributed by atoms with Crippen LogP contribution < -0.4 is 10.5 Å². The highest BCUT2D eigenvalue weighted by Gasteiger charge is 2.05. The van der Waals surface area contributed by atoms with Gasteiger partial charge in [-0.05, 0) is 18.7 Å². The first-order valence-corrected chi connectivity index (χ1v) is 4.06. The molecule has 2 N–H and O–H groups in total. The van der Waals surface area contributed by atoms with E-state index in [4.69, 9.17) is 10.5 Å². The lowest BCUT2D eigenvalue weighted by molar-refractivity contribution is -0.131. The molecule has 0 atom stereocenters. The van der Waals surface area contributed by atoms with Crippen molar-refractivity contribution < 1.29 is 9.53 Å². The van der Waals surface area contributed by atoms with Crippen molar-refractivity contribution in [3.05, 3.63) is 24.0 Å². The molecule has 0 saturated heterocycles. The second-order valence-corrected chi connectivity index (χ2v) is 2.58. The minimum absolute atomic E-state index is 0.341. The molecule has 0 spiro atoms. The molecule has 0 saturated carbocycles. The summed E-state index contributed by atoms with van der Waals surface area (Å²) in [5.74, 6) is 0.159. The van der Waals surface area contributed by atoms with E-state index in [1.54, 1.807) is 18.3 Å². The van der Waals surface area contributed by atoms with E-state index in [9.17, 15) is 4.79 Å². The second kappa shape index (κ2) is 4.57. The monoisotopic (exact) mass is 180 g/mol. The van der Waals surface area contributed by atoms with Gasteiger partial charge < -0.3 is 10.5 Å². The topological polar surface area (TPSA) is 65.2 Å². The van der Waals surface area contributed by atoms with Crippen LogP contribution in [0.25, 0.3) is 0 Å². The molecule has 4 nitrogen and oxygen atoms in total. The molecule has 0 unspecified atom stereocenters. The number of hydrogen-bond donors (Lipinski definition) is 1. The average molecular weight is 180 g/mol.